The molecule has 0 saturated heterocycles. The van der Waals surface area contributed by atoms with Crippen LogP contribution < -0.4 is 10.5 Å². The molecule has 1 aromatic carbocycles. The first kappa shape index (κ1) is 15.6. The van der Waals surface area contributed by atoms with Crippen molar-refractivity contribution in [3.8, 4) is 5.75 Å². The van der Waals surface area contributed by atoms with Gasteiger partial charge in [-0.15, -0.1) is 5.10 Å². The van der Waals surface area contributed by atoms with E-state index in [-0.39, 0.29) is 0 Å². The van der Waals surface area contributed by atoms with E-state index in [0.717, 1.165) is 21.1 Å². The van der Waals surface area contributed by atoms with Crippen molar-refractivity contribution in [3.63, 3.8) is 0 Å². The average Bonchev–Trinajstić information content (AvgIpc) is 2.85. The second kappa shape index (κ2) is 7.82. The van der Waals surface area contributed by atoms with Gasteiger partial charge in [-0.1, -0.05) is 23.4 Å². The van der Waals surface area contributed by atoms with E-state index < -0.39 is 0 Å². The largest absolute Gasteiger partial charge is 0.492 e. The minimum Gasteiger partial charge on any atom is -0.492 e. The highest BCUT2D eigenvalue weighted by Gasteiger charge is 2.06. The van der Waals surface area contributed by atoms with Gasteiger partial charge < -0.3 is 10.5 Å². The van der Waals surface area contributed by atoms with Crippen molar-refractivity contribution in [2.75, 3.05) is 18.9 Å². The Morgan fingerprint density at radius 1 is 1.45 bits per heavy atom. The van der Waals surface area contributed by atoms with Gasteiger partial charge in [0.1, 0.15) is 5.75 Å². The Bertz CT molecular complexity index is 567. The van der Waals surface area contributed by atoms with E-state index in [0.29, 0.717) is 24.7 Å². The normalized spacial score (nSPS) is 10.8. The smallest absolute Gasteiger partial charge is 0.209 e. The highest BCUT2D eigenvalue weighted by atomic mass is 79.9. The summed E-state index contributed by atoms with van der Waals surface area (Å²) >= 11 is 10.8. The second-order valence-corrected chi connectivity index (χ2v) is 6.10. The first-order chi connectivity index (χ1) is 9.70. The molecule has 2 aromatic rings. The van der Waals surface area contributed by atoms with Gasteiger partial charge >= 0.3 is 0 Å². The molecule has 0 bridgehead atoms. The number of benzene rings is 1. The lowest BCUT2D eigenvalue weighted by atomic mass is 10.3. The van der Waals surface area contributed by atoms with E-state index in [2.05, 4.69) is 31.5 Å². The maximum absolute atomic E-state index is 5.87. The minimum atomic E-state index is 0.507. The van der Waals surface area contributed by atoms with Crippen molar-refractivity contribution in [1.82, 2.24) is 20.2 Å². The number of hydrogen-bond donors (Lipinski definition) is 1. The molecule has 0 aliphatic heterocycles. The lowest BCUT2D eigenvalue weighted by Gasteiger charge is -2.08. The Morgan fingerprint density at radius 2 is 2.30 bits per heavy atom. The van der Waals surface area contributed by atoms with E-state index in [9.17, 15) is 0 Å². The summed E-state index contributed by atoms with van der Waals surface area (Å²) in [4.78, 5) is 0. The molecular formula is C11H13BrClN5OS. The molecule has 0 atom stereocenters. The fourth-order valence-electron chi connectivity index (χ4n) is 1.44. The predicted octanol–water partition coefficient (Wildman–Crippen LogP) is 2.22. The van der Waals surface area contributed by atoms with Crippen LogP contribution in [-0.2, 0) is 6.54 Å². The summed E-state index contributed by atoms with van der Waals surface area (Å²) in [7, 11) is 0. The van der Waals surface area contributed by atoms with Crippen molar-refractivity contribution in [2.24, 2.45) is 5.73 Å². The molecule has 0 amide bonds. The van der Waals surface area contributed by atoms with E-state index >= 15 is 0 Å². The van der Waals surface area contributed by atoms with Crippen LogP contribution in [0.5, 0.6) is 5.75 Å². The molecular weight excluding hydrogens is 366 g/mol. The van der Waals surface area contributed by atoms with Gasteiger partial charge in [-0.2, -0.15) is 0 Å². The van der Waals surface area contributed by atoms with Crippen molar-refractivity contribution in [2.45, 2.75) is 11.7 Å². The van der Waals surface area contributed by atoms with Crippen molar-refractivity contribution in [3.05, 3.63) is 27.7 Å². The molecule has 108 valence electrons. The number of rotatable bonds is 7. The third-order valence-corrected chi connectivity index (χ3v) is 4.08. The van der Waals surface area contributed by atoms with Gasteiger partial charge in [0.05, 0.1) is 17.6 Å². The van der Waals surface area contributed by atoms with Crippen LogP contribution in [0.4, 0.5) is 0 Å². The summed E-state index contributed by atoms with van der Waals surface area (Å²) in [5.74, 6) is 1.50. The van der Waals surface area contributed by atoms with Gasteiger partial charge in [0, 0.05) is 17.3 Å². The lowest BCUT2D eigenvalue weighted by Crippen LogP contribution is -2.12. The number of nitrogens with zero attached hydrogens (tertiary/aromatic N) is 4. The Morgan fingerprint density at radius 3 is 3.05 bits per heavy atom. The number of aromatic nitrogens is 4. The standard InChI is InChI=1S/C11H13BrClN5OS/c12-9-7-8(13)1-2-10(9)19-5-6-20-11-15-16-17-18(11)4-3-14/h1-2,7H,3-6,14H2. The topological polar surface area (TPSA) is 78.9 Å². The number of hydrogen-bond acceptors (Lipinski definition) is 6. The highest BCUT2D eigenvalue weighted by molar-refractivity contribution is 9.10. The van der Waals surface area contributed by atoms with Gasteiger partial charge in [-0.05, 0) is 44.6 Å². The molecule has 2 rings (SSSR count). The van der Waals surface area contributed by atoms with Gasteiger partial charge in [-0.3, -0.25) is 0 Å². The van der Waals surface area contributed by atoms with E-state index in [1.807, 2.05) is 6.07 Å². The van der Waals surface area contributed by atoms with Gasteiger partial charge in [0.25, 0.3) is 0 Å². The summed E-state index contributed by atoms with van der Waals surface area (Å²) in [6, 6.07) is 5.41. The summed E-state index contributed by atoms with van der Waals surface area (Å²) in [6.45, 7) is 1.66. The van der Waals surface area contributed by atoms with Crippen LogP contribution in [0, 0.1) is 0 Å². The Labute approximate surface area is 134 Å². The van der Waals surface area contributed by atoms with Crippen LogP contribution in [0.15, 0.2) is 27.8 Å². The molecule has 0 spiro atoms. The van der Waals surface area contributed by atoms with Crippen LogP contribution in [0.3, 0.4) is 0 Å². The molecule has 0 saturated carbocycles. The molecule has 1 heterocycles. The Hall–Kier alpha value is -0.830. The molecule has 1 aromatic heterocycles. The summed E-state index contributed by atoms with van der Waals surface area (Å²) < 4.78 is 8.18. The van der Waals surface area contributed by atoms with Crippen LogP contribution in [0.25, 0.3) is 0 Å². The first-order valence-corrected chi connectivity index (χ1v) is 8.03. The quantitative estimate of drug-likeness (QED) is 0.588. The minimum absolute atomic E-state index is 0.507. The molecule has 6 nitrogen and oxygen atoms in total. The van der Waals surface area contributed by atoms with Crippen LogP contribution in [0.2, 0.25) is 5.02 Å². The Kier molecular flexibility index (Phi) is 6.08. The third-order valence-electron chi connectivity index (χ3n) is 2.31. The zero-order valence-electron chi connectivity index (χ0n) is 10.5. The van der Waals surface area contributed by atoms with Gasteiger partial charge in [0.2, 0.25) is 5.16 Å². The molecule has 0 unspecified atom stereocenters. The zero-order chi connectivity index (χ0) is 14.4. The number of halogens is 2. The van der Waals surface area contributed by atoms with Crippen LogP contribution in [-0.4, -0.2) is 39.1 Å². The van der Waals surface area contributed by atoms with E-state index in [1.165, 1.54) is 11.8 Å². The number of nitrogens with two attached hydrogens (primary N) is 1. The molecule has 0 aliphatic carbocycles. The monoisotopic (exact) mass is 377 g/mol. The van der Waals surface area contributed by atoms with Crippen molar-refractivity contribution in [1.29, 1.82) is 0 Å². The third kappa shape index (κ3) is 4.34. The summed E-state index contributed by atoms with van der Waals surface area (Å²) in [5.41, 5.74) is 5.48. The van der Waals surface area contributed by atoms with Gasteiger partial charge in [-0.25, -0.2) is 4.68 Å². The molecule has 0 aliphatic rings. The van der Waals surface area contributed by atoms with Crippen LogP contribution in [0.1, 0.15) is 0 Å². The summed E-state index contributed by atoms with van der Waals surface area (Å²) in [6.07, 6.45) is 0. The molecule has 9 heteroatoms. The number of thioether (sulfide) groups is 1. The molecule has 20 heavy (non-hydrogen) atoms. The predicted molar refractivity (Wildman–Crippen MR) is 82.2 cm³/mol. The molecule has 0 fully saturated rings. The first-order valence-electron chi connectivity index (χ1n) is 5.87. The SMILES string of the molecule is NCCn1nnnc1SCCOc1ccc(Cl)cc1Br. The maximum atomic E-state index is 5.87. The zero-order valence-corrected chi connectivity index (χ0v) is 13.7. The highest BCUT2D eigenvalue weighted by Crippen LogP contribution is 2.28. The van der Waals surface area contributed by atoms with Crippen LogP contribution >= 0.6 is 39.3 Å². The van der Waals surface area contributed by atoms with Gasteiger partial charge in [0.15, 0.2) is 0 Å². The van der Waals surface area contributed by atoms with Crippen molar-refractivity contribution >= 4 is 39.3 Å². The fraction of sp³-hybridized carbons (Fsp3) is 0.364. The lowest BCUT2D eigenvalue weighted by molar-refractivity contribution is 0.341. The molecule has 2 N–H and O–H groups in total. The number of tetrazole rings is 1. The summed E-state index contributed by atoms with van der Waals surface area (Å²) in [5, 5.41) is 12.8. The maximum Gasteiger partial charge on any atom is 0.209 e. The van der Waals surface area contributed by atoms with E-state index in [4.69, 9.17) is 22.1 Å². The van der Waals surface area contributed by atoms with E-state index in [1.54, 1.807) is 16.8 Å². The second-order valence-electron chi connectivity index (χ2n) is 3.74. The number of ether oxygens (including phenoxy) is 1. The van der Waals surface area contributed by atoms with Crippen molar-refractivity contribution < 1.29 is 4.74 Å². The fourth-order valence-corrected chi connectivity index (χ4v) is 2.96. The Balaban J connectivity index is 1.80. The average molecular weight is 379 g/mol. The molecule has 0 radical (unpaired) electrons.